The monoisotopic (exact) mass is 312 g/mol. The molecule has 1 aliphatic heterocycles. The maximum Gasteiger partial charge on any atom is 0.273 e. The highest BCUT2D eigenvalue weighted by Crippen LogP contribution is 2.32. The van der Waals surface area contributed by atoms with Crippen LogP contribution in [0.15, 0.2) is 18.2 Å². The highest BCUT2D eigenvalue weighted by atomic mass is 79.9. The number of halogens is 1. The van der Waals surface area contributed by atoms with Gasteiger partial charge in [-0.25, -0.2) is 0 Å². The molecule has 1 aliphatic rings. The number of nitro benzene ring substituents is 1. The van der Waals surface area contributed by atoms with Crippen LogP contribution in [0.5, 0.6) is 0 Å². The van der Waals surface area contributed by atoms with Crippen LogP contribution in [0.1, 0.15) is 25.8 Å². The quantitative estimate of drug-likeness (QED) is 0.485. The zero-order valence-electron chi connectivity index (χ0n) is 10.6. The van der Waals surface area contributed by atoms with Gasteiger partial charge in [0.25, 0.3) is 5.69 Å². The topological polar surface area (TPSA) is 46.4 Å². The van der Waals surface area contributed by atoms with Crippen LogP contribution in [-0.2, 0) is 5.33 Å². The number of benzene rings is 1. The molecule has 2 atom stereocenters. The van der Waals surface area contributed by atoms with Gasteiger partial charge in [-0.1, -0.05) is 22.9 Å². The predicted octanol–water partition coefficient (Wildman–Crippen LogP) is 3.72. The molecular weight excluding hydrogens is 296 g/mol. The van der Waals surface area contributed by atoms with E-state index in [2.05, 4.69) is 34.7 Å². The van der Waals surface area contributed by atoms with Gasteiger partial charge in [0, 0.05) is 35.2 Å². The van der Waals surface area contributed by atoms with Gasteiger partial charge in [-0.3, -0.25) is 10.1 Å². The molecule has 1 aromatic rings. The second-order valence-electron chi connectivity index (χ2n) is 5.05. The van der Waals surface area contributed by atoms with E-state index in [1.54, 1.807) is 6.07 Å². The van der Waals surface area contributed by atoms with Crippen LogP contribution in [0.2, 0.25) is 0 Å². The van der Waals surface area contributed by atoms with Crippen molar-refractivity contribution in [3.63, 3.8) is 0 Å². The molecule has 1 fully saturated rings. The van der Waals surface area contributed by atoms with Gasteiger partial charge in [0.2, 0.25) is 0 Å². The van der Waals surface area contributed by atoms with Gasteiger partial charge in [0.1, 0.15) is 0 Å². The predicted molar refractivity (Wildman–Crippen MR) is 76.3 cm³/mol. The third-order valence-corrected chi connectivity index (χ3v) is 4.12. The van der Waals surface area contributed by atoms with Gasteiger partial charge in [-0.2, -0.15) is 0 Å². The third kappa shape index (κ3) is 2.51. The molecule has 0 aromatic heterocycles. The standard InChI is InChI=1S/C13H17BrN2O2/c1-9-5-10(2)15(8-9)12-3-4-13(16(17)18)11(6-12)7-14/h3-4,6,9-10H,5,7-8H2,1-2H3. The van der Waals surface area contributed by atoms with Crippen molar-refractivity contribution < 1.29 is 4.92 Å². The minimum atomic E-state index is -0.323. The van der Waals surface area contributed by atoms with Crippen LogP contribution in [0.25, 0.3) is 0 Å². The fourth-order valence-electron chi connectivity index (χ4n) is 2.70. The van der Waals surface area contributed by atoms with Crippen LogP contribution in [0.3, 0.4) is 0 Å². The first-order valence-corrected chi connectivity index (χ1v) is 7.25. The molecule has 98 valence electrons. The molecule has 18 heavy (non-hydrogen) atoms. The Kier molecular flexibility index (Phi) is 3.90. The molecule has 4 nitrogen and oxygen atoms in total. The van der Waals surface area contributed by atoms with Crippen molar-refractivity contribution in [3.05, 3.63) is 33.9 Å². The summed E-state index contributed by atoms with van der Waals surface area (Å²) >= 11 is 3.32. The summed E-state index contributed by atoms with van der Waals surface area (Å²) < 4.78 is 0. The van der Waals surface area contributed by atoms with Gasteiger partial charge in [0.15, 0.2) is 0 Å². The molecule has 0 radical (unpaired) electrons. The summed E-state index contributed by atoms with van der Waals surface area (Å²) in [4.78, 5) is 12.9. The minimum absolute atomic E-state index is 0.190. The zero-order chi connectivity index (χ0) is 13.3. The van der Waals surface area contributed by atoms with Gasteiger partial charge >= 0.3 is 0 Å². The minimum Gasteiger partial charge on any atom is -0.369 e. The smallest absolute Gasteiger partial charge is 0.273 e. The molecule has 1 aromatic carbocycles. The van der Waals surface area contributed by atoms with E-state index in [-0.39, 0.29) is 10.6 Å². The Balaban J connectivity index is 2.33. The number of hydrogen-bond acceptors (Lipinski definition) is 3. The summed E-state index contributed by atoms with van der Waals surface area (Å²) in [6, 6.07) is 5.91. The van der Waals surface area contributed by atoms with E-state index in [9.17, 15) is 10.1 Å². The number of nitro groups is 1. The largest absolute Gasteiger partial charge is 0.369 e. The zero-order valence-corrected chi connectivity index (χ0v) is 12.2. The first-order chi connectivity index (χ1) is 8.52. The van der Waals surface area contributed by atoms with Crippen molar-refractivity contribution in [2.45, 2.75) is 31.6 Å². The number of hydrogen-bond donors (Lipinski definition) is 0. The molecule has 2 unspecified atom stereocenters. The molecule has 0 aliphatic carbocycles. The fraction of sp³-hybridized carbons (Fsp3) is 0.538. The van der Waals surface area contributed by atoms with Gasteiger partial charge in [0.05, 0.1) is 4.92 Å². The summed E-state index contributed by atoms with van der Waals surface area (Å²) in [5.74, 6) is 0.683. The normalized spacial score (nSPS) is 23.4. The van der Waals surface area contributed by atoms with E-state index in [0.717, 1.165) is 17.8 Å². The summed E-state index contributed by atoms with van der Waals surface area (Å²) in [5, 5.41) is 11.4. The molecule has 0 saturated carbocycles. The number of nitrogens with zero attached hydrogens (tertiary/aromatic N) is 2. The van der Waals surface area contributed by atoms with Crippen molar-refractivity contribution in [3.8, 4) is 0 Å². The summed E-state index contributed by atoms with van der Waals surface area (Å²) in [6.45, 7) is 5.48. The Bertz CT molecular complexity index is 464. The van der Waals surface area contributed by atoms with E-state index in [1.165, 1.54) is 6.42 Å². The van der Waals surface area contributed by atoms with E-state index in [4.69, 9.17) is 0 Å². The number of alkyl halides is 1. The van der Waals surface area contributed by atoms with Crippen molar-refractivity contribution in [2.75, 3.05) is 11.4 Å². The van der Waals surface area contributed by atoms with Crippen LogP contribution in [-0.4, -0.2) is 17.5 Å². The Hall–Kier alpha value is -1.10. The first kappa shape index (κ1) is 13.3. The Labute approximate surface area is 115 Å². The highest BCUT2D eigenvalue weighted by molar-refractivity contribution is 9.08. The van der Waals surface area contributed by atoms with Crippen molar-refractivity contribution in [2.24, 2.45) is 5.92 Å². The Morgan fingerprint density at radius 2 is 2.22 bits per heavy atom. The second kappa shape index (κ2) is 5.26. The van der Waals surface area contributed by atoms with E-state index >= 15 is 0 Å². The number of anilines is 1. The molecule has 2 rings (SSSR count). The Morgan fingerprint density at radius 1 is 1.50 bits per heavy atom. The Morgan fingerprint density at radius 3 is 2.72 bits per heavy atom. The van der Waals surface area contributed by atoms with Crippen LogP contribution in [0.4, 0.5) is 11.4 Å². The maximum atomic E-state index is 10.9. The molecular formula is C13H17BrN2O2. The lowest BCUT2D eigenvalue weighted by Gasteiger charge is -2.24. The first-order valence-electron chi connectivity index (χ1n) is 6.13. The van der Waals surface area contributed by atoms with E-state index in [1.807, 2.05) is 12.1 Å². The van der Waals surface area contributed by atoms with Gasteiger partial charge in [-0.15, -0.1) is 0 Å². The lowest BCUT2D eigenvalue weighted by atomic mass is 10.1. The lowest BCUT2D eigenvalue weighted by molar-refractivity contribution is -0.385. The molecule has 0 amide bonds. The van der Waals surface area contributed by atoms with Crippen LogP contribution in [0, 0.1) is 16.0 Å². The van der Waals surface area contributed by atoms with E-state index in [0.29, 0.717) is 17.3 Å². The second-order valence-corrected chi connectivity index (χ2v) is 5.61. The average Bonchev–Trinajstić information content (AvgIpc) is 2.67. The molecule has 1 heterocycles. The molecule has 0 bridgehead atoms. The van der Waals surface area contributed by atoms with Crippen molar-refractivity contribution >= 4 is 27.3 Å². The molecule has 5 heteroatoms. The van der Waals surface area contributed by atoms with Crippen molar-refractivity contribution in [1.29, 1.82) is 0 Å². The fourth-order valence-corrected chi connectivity index (χ4v) is 3.14. The molecule has 1 saturated heterocycles. The highest BCUT2D eigenvalue weighted by Gasteiger charge is 2.27. The number of rotatable bonds is 3. The maximum absolute atomic E-state index is 10.9. The third-order valence-electron chi connectivity index (χ3n) is 3.52. The average molecular weight is 313 g/mol. The lowest BCUT2D eigenvalue weighted by Crippen LogP contribution is -2.26. The summed E-state index contributed by atoms with van der Waals surface area (Å²) in [7, 11) is 0. The van der Waals surface area contributed by atoms with Gasteiger partial charge < -0.3 is 4.90 Å². The summed E-state index contributed by atoms with van der Waals surface area (Å²) in [6.07, 6.45) is 1.18. The summed E-state index contributed by atoms with van der Waals surface area (Å²) in [5.41, 5.74) is 2.02. The van der Waals surface area contributed by atoms with E-state index < -0.39 is 0 Å². The molecule has 0 N–H and O–H groups in total. The van der Waals surface area contributed by atoms with Crippen LogP contribution >= 0.6 is 15.9 Å². The SMILES string of the molecule is CC1CC(C)N(c2ccc([N+](=O)[O-])c(CBr)c2)C1. The van der Waals surface area contributed by atoms with Crippen molar-refractivity contribution in [1.82, 2.24) is 0 Å². The molecule has 0 spiro atoms. The van der Waals surface area contributed by atoms with Crippen LogP contribution < -0.4 is 4.90 Å². The van der Waals surface area contributed by atoms with Gasteiger partial charge in [-0.05, 0) is 31.4 Å².